The summed E-state index contributed by atoms with van der Waals surface area (Å²) in [5, 5.41) is 9.54. The molecule has 1 amide bonds. The van der Waals surface area contributed by atoms with Crippen molar-refractivity contribution < 1.29 is 68.1 Å². The fraction of sp³-hybridized carbons (Fsp3) is 0.611. The smallest absolute Gasteiger partial charge is 0.696 e. The molecule has 0 radical (unpaired) electrons. The molecule has 0 heterocycles. The summed E-state index contributed by atoms with van der Waals surface area (Å²) in [7, 11) is 0. The Balaban J connectivity index is 0. The number of nitrogens with one attached hydrogen (secondary N) is 1. The van der Waals surface area contributed by atoms with E-state index in [0.29, 0.717) is 11.1 Å². The van der Waals surface area contributed by atoms with Crippen LogP contribution in [-0.4, -0.2) is 28.0 Å². The van der Waals surface area contributed by atoms with Gasteiger partial charge in [0.2, 0.25) is 0 Å². The summed E-state index contributed by atoms with van der Waals surface area (Å²) in [6.07, 6.45) is 1.82. The molecule has 0 spiro atoms. The van der Waals surface area contributed by atoms with Gasteiger partial charge in [-0.3, -0.25) is 4.79 Å². The predicted octanol–water partition coefficient (Wildman–Crippen LogP) is 2.45. The van der Waals surface area contributed by atoms with Gasteiger partial charge in [0.05, 0.1) is 0 Å². The van der Waals surface area contributed by atoms with E-state index in [4.69, 9.17) is 5.73 Å². The second kappa shape index (κ2) is 12.5. The Kier molecular flexibility index (Phi) is 13.7. The Bertz CT molecular complexity index is 486. The van der Waals surface area contributed by atoms with Crippen LogP contribution in [0.1, 0.15) is 70.3 Å². The van der Waals surface area contributed by atoms with E-state index >= 15 is 0 Å². The number of hydrogen-bond donors (Lipinski definition) is 1. The second-order valence-corrected chi connectivity index (χ2v) is 5.46. The summed E-state index contributed by atoms with van der Waals surface area (Å²) < 4.78 is 0. The SMILES string of the molecule is CC.CCC(CC)N(C(=O)c1cc([NH-])c(O)cc1C)C(C)C.[Rb+]. The predicted molar refractivity (Wildman–Crippen MR) is 93.8 cm³/mol. The quantitative estimate of drug-likeness (QED) is 0.782. The summed E-state index contributed by atoms with van der Waals surface area (Å²) in [6, 6.07) is 3.26. The fourth-order valence-corrected chi connectivity index (χ4v) is 2.57. The molecular formula is C18H31N2O2Rb. The number of amides is 1. The number of carbonyl (C=O) groups is 1. The van der Waals surface area contributed by atoms with Crippen LogP contribution in [0.4, 0.5) is 5.69 Å². The van der Waals surface area contributed by atoms with Crippen molar-refractivity contribution in [3.63, 3.8) is 0 Å². The zero-order chi connectivity index (χ0) is 17.4. The Hall–Kier alpha value is 0.0952. The Labute approximate surface area is 190 Å². The molecule has 1 aromatic rings. The fourth-order valence-electron chi connectivity index (χ4n) is 2.57. The first-order valence-corrected chi connectivity index (χ1v) is 8.21. The molecule has 126 valence electrons. The van der Waals surface area contributed by atoms with Gasteiger partial charge in [0.1, 0.15) is 5.75 Å². The molecule has 0 aromatic heterocycles. The van der Waals surface area contributed by atoms with Gasteiger partial charge in [0, 0.05) is 17.6 Å². The van der Waals surface area contributed by atoms with Crippen molar-refractivity contribution in [3.8, 4) is 5.75 Å². The summed E-state index contributed by atoms with van der Waals surface area (Å²) in [4.78, 5) is 14.7. The maximum atomic E-state index is 12.8. The Morgan fingerprint density at radius 3 is 2.09 bits per heavy atom. The van der Waals surface area contributed by atoms with Gasteiger partial charge in [0.15, 0.2) is 0 Å². The average Bonchev–Trinajstić information content (AvgIpc) is 2.49. The third-order valence-corrected chi connectivity index (χ3v) is 3.70. The number of aryl methyl sites for hydroxylation is 1. The number of carbonyl (C=O) groups excluding carboxylic acids is 1. The molecule has 0 atom stereocenters. The zero-order valence-electron chi connectivity index (χ0n) is 16.0. The maximum absolute atomic E-state index is 12.8. The van der Waals surface area contributed by atoms with E-state index in [0.717, 1.165) is 12.8 Å². The van der Waals surface area contributed by atoms with Crippen molar-refractivity contribution in [2.75, 3.05) is 0 Å². The molecular weight excluding hydrogens is 362 g/mol. The molecule has 0 aliphatic carbocycles. The number of hydrogen-bond acceptors (Lipinski definition) is 2. The molecule has 1 aromatic carbocycles. The molecule has 0 aliphatic heterocycles. The molecule has 4 nitrogen and oxygen atoms in total. The summed E-state index contributed by atoms with van der Waals surface area (Å²) in [5.74, 6) is -0.141. The van der Waals surface area contributed by atoms with Crippen molar-refractivity contribution in [1.29, 1.82) is 0 Å². The standard InChI is InChI=1S/C16H25N2O2.C2H6.Rb/c1-6-12(7-2)18(10(3)4)16(20)13-9-14(17)15(19)8-11(13)5;1-2;/h8-10,12,17H,6-7H2,1-5H3,(H,19,20);1-2H3;/q-1;;+1. The number of nitrogens with zero attached hydrogens (tertiary/aromatic N) is 1. The van der Waals surface area contributed by atoms with Crippen LogP contribution in [0, 0.1) is 6.92 Å². The third-order valence-electron chi connectivity index (χ3n) is 3.70. The van der Waals surface area contributed by atoms with Crippen LogP contribution in [0.2, 0.25) is 0 Å². The van der Waals surface area contributed by atoms with E-state index < -0.39 is 0 Å². The molecule has 0 bridgehead atoms. The number of benzene rings is 1. The van der Waals surface area contributed by atoms with E-state index in [1.807, 2.05) is 32.6 Å². The number of rotatable bonds is 5. The monoisotopic (exact) mass is 392 g/mol. The van der Waals surface area contributed by atoms with Gasteiger partial charge in [-0.2, -0.15) is 0 Å². The molecule has 2 N–H and O–H groups in total. The van der Waals surface area contributed by atoms with E-state index in [2.05, 4.69) is 13.8 Å². The van der Waals surface area contributed by atoms with Gasteiger partial charge < -0.3 is 15.7 Å². The molecule has 0 aliphatic rings. The van der Waals surface area contributed by atoms with Crippen LogP contribution in [0.25, 0.3) is 5.73 Å². The van der Waals surface area contributed by atoms with Crippen molar-refractivity contribution in [2.24, 2.45) is 0 Å². The van der Waals surface area contributed by atoms with Gasteiger partial charge in [-0.25, -0.2) is 0 Å². The molecule has 5 heteroatoms. The van der Waals surface area contributed by atoms with Crippen molar-refractivity contribution in [3.05, 3.63) is 29.0 Å². The molecule has 23 heavy (non-hydrogen) atoms. The number of phenols is 1. The largest absolute Gasteiger partial charge is 1.00 e. The van der Waals surface area contributed by atoms with E-state index in [-0.39, 0.29) is 87.6 Å². The normalized spacial score (nSPS) is 9.96. The third kappa shape index (κ3) is 6.85. The van der Waals surface area contributed by atoms with Gasteiger partial charge in [-0.05, 0) is 45.2 Å². The molecule has 1 rings (SSSR count). The summed E-state index contributed by atoms with van der Waals surface area (Å²) in [6.45, 7) is 14.0. The minimum Gasteiger partial charge on any atom is -0.696 e. The average molecular weight is 393 g/mol. The zero-order valence-corrected chi connectivity index (χ0v) is 20.9. The minimum absolute atomic E-state index is 0. The Morgan fingerprint density at radius 2 is 1.70 bits per heavy atom. The maximum Gasteiger partial charge on any atom is 1.00 e. The van der Waals surface area contributed by atoms with Gasteiger partial charge in [0.25, 0.3) is 5.91 Å². The van der Waals surface area contributed by atoms with Crippen LogP contribution in [0.3, 0.4) is 0 Å². The summed E-state index contributed by atoms with van der Waals surface area (Å²) in [5.41, 5.74) is 8.88. The summed E-state index contributed by atoms with van der Waals surface area (Å²) >= 11 is 0. The topological polar surface area (TPSA) is 64.3 Å². The Morgan fingerprint density at radius 1 is 1.22 bits per heavy atom. The van der Waals surface area contributed by atoms with E-state index in [9.17, 15) is 9.90 Å². The number of phenolic OH excluding ortho intramolecular Hbond substituents is 1. The minimum atomic E-state index is -0.0855. The van der Waals surface area contributed by atoms with Crippen molar-refractivity contribution >= 4 is 11.6 Å². The first-order valence-electron chi connectivity index (χ1n) is 8.21. The first kappa shape index (κ1) is 25.3. The molecule has 0 fully saturated rings. The first-order chi connectivity index (χ1) is 10.3. The van der Waals surface area contributed by atoms with Crippen LogP contribution in [0.5, 0.6) is 5.75 Å². The van der Waals surface area contributed by atoms with Gasteiger partial charge >= 0.3 is 58.2 Å². The van der Waals surface area contributed by atoms with Crippen molar-refractivity contribution in [1.82, 2.24) is 4.90 Å². The van der Waals surface area contributed by atoms with Crippen LogP contribution < -0.4 is 58.2 Å². The van der Waals surface area contributed by atoms with Gasteiger partial charge in [-0.15, -0.1) is 0 Å². The number of aromatic hydroxyl groups is 1. The van der Waals surface area contributed by atoms with Gasteiger partial charge in [-0.1, -0.05) is 39.4 Å². The molecule has 0 unspecified atom stereocenters. The molecule has 0 saturated heterocycles. The molecule has 0 saturated carbocycles. The van der Waals surface area contributed by atoms with Crippen molar-refractivity contribution in [2.45, 2.75) is 73.4 Å². The second-order valence-electron chi connectivity index (χ2n) is 5.46. The van der Waals surface area contributed by atoms with Crippen LogP contribution >= 0.6 is 0 Å². The van der Waals surface area contributed by atoms with Crippen LogP contribution in [-0.2, 0) is 0 Å². The van der Waals surface area contributed by atoms with E-state index in [1.165, 1.54) is 12.1 Å². The van der Waals surface area contributed by atoms with Crippen LogP contribution in [0.15, 0.2) is 12.1 Å². The van der Waals surface area contributed by atoms with E-state index in [1.54, 1.807) is 6.92 Å².